The third-order valence-electron chi connectivity index (χ3n) is 9.12. The lowest BCUT2D eigenvalue weighted by atomic mass is 9.66. The van der Waals surface area contributed by atoms with Crippen LogP contribution in [-0.4, -0.2) is 12.1 Å². The van der Waals surface area contributed by atoms with Gasteiger partial charge in [0, 0.05) is 5.56 Å². The Morgan fingerprint density at radius 3 is 2.29 bits per heavy atom. The van der Waals surface area contributed by atoms with Gasteiger partial charge in [0.15, 0.2) is 0 Å². The minimum atomic E-state index is -0.173. The maximum absolute atomic E-state index is 11.0. The van der Waals surface area contributed by atoms with Gasteiger partial charge in [0.05, 0.1) is 0 Å². The van der Waals surface area contributed by atoms with Crippen LogP contribution in [-0.2, 0) is 11.2 Å². The summed E-state index contributed by atoms with van der Waals surface area (Å²) in [6.45, 7) is 23.7. The number of carbonyl (C=O) groups excluding carboxylic acids is 1. The van der Waals surface area contributed by atoms with Crippen LogP contribution in [0.15, 0.2) is 0 Å². The van der Waals surface area contributed by atoms with Crippen molar-refractivity contribution in [3.05, 3.63) is 22.3 Å². The quantitative estimate of drug-likeness (QED) is 0.444. The van der Waals surface area contributed by atoms with Crippen LogP contribution in [0.2, 0.25) is 0 Å². The first kappa shape index (κ1) is 24.1. The predicted octanol–water partition coefficient (Wildman–Crippen LogP) is 7.36. The van der Waals surface area contributed by atoms with E-state index in [0.29, 0.717) is 17.6 Å². The average molecular weight is 429 g/mol. The van der Waals surface area contributed by atoms with Crippen LogP contribution in [0, 0.1) is 49.4 Å². The van der Waals surface area contributed by atoms with E-state index in [1.54, 1.807) is 0 Å². The number of fused-ring (bicyclic) bond motifs is 1. The molecule has 1 aliphatic heterocycles. The summed E-state index contributed by atoms with van der Waals surface area (Å²) in [5.74, 6) is 4.06. The standard InChI is InChI=1S/C28H44O3/c1-17-13-22(27(8,9)21(17)5)14-26(6,7)15-28(10)12-11-23-20(4)24(30-16-29)18(2)19(3)25(23)31-28/h16-17,21-22H,11-15H2,1-10H3. The minimum absolute atomic E-state index is 0.173. The molecule has 0 saturated heterocycles. The van der Waals surface area contributed by atoms with Crippen molar-refractivity contribution in [2.75, 3.05) is 0 Å². The van der Waals surface area contributed by atoms with Gasteiger partial charge in [-0.15, -0.1) is 0 Å². The molecule has 0 amide bonds. The van der Waals surface area contributed by atoms with Crippen LogP contribution in [0.5, 0.6) is 11.5 Å². The van der Waals surface area contributed by atoms with Gasteiger partial charge in [0.2, 0.25) is 0 Å². The van der Waals surface area contributed by atoms with E-state index in [9.17, 15) is 4.79 Å². The summed E-state index contributed by atoms with van der Waals surface area (Å²) < 4.78 is 12.1. The molecule has 3 nitrogen and oxygen atoms in total. The largest absolute Gasteiger partial charge is 0.487 e. The summed E-state index contributed by atoms with van der Waals surface area (Å²) in [5, 5.41) is 0. The second-order valence-corrected chi connectivity index (χ2v) is 12.3. The number of benzene rings is 1. The molecule has 1 aromatic rings. The van der Waals surface area contributed by atoms with Crippen LogP contribution >= 0.6 is 0 Å². The molecule has 0 N–H and O–H groups in total. The lowest BCUT2D eigenvalue weighted by Crippen LogP contribution is -2.42. The molecule has 1 aliphatic carbocycles. The molecule has 4 atom stereocenters. The second-order valence-electron chi connectivity index (χ2n) is 12.3. The lowest BCUT2D eigenvalue weighted by molar-refractivity contribution is -0.120. The van der Waals surface area contributed by atoms with Crippen LogP contribution < -0.4 is 9.47 Å². The molecule has 0 spiro atoms. The van der Waals surface area contributed by atoms with Gasteiger partial charge >= 0.3 is 0 Å². The molecule has 1 fully saturated rings. The molecule has 4 unspecified atom stereocenters. The van der Waals surface area contributed by atoms with Gasteiger partial charge in [-0.2, -0.15) is 0 Å². The van der Waals surface area contributed by atoms with Crippen LogP contribution in [0.25, 0.3) is 0 Å². The van der Waals surface area contributed by atoms with E-state index in [4.69, 9.17) is 9.47 Å². The molecule has 1 aromatic carbocycles. The Bertz CT molecular complexity index is 851. The number of hydrogen-bond donors (Lipinski definition) is 0. The van der Waals surface area contributed by atoms with Crippen molar-refractivity contribution in [1.29, 1.82) is 0 Å². The van der Waals surface area contributed by atoms with Crippen molar-refractivity contribution < 1.29 is 14.3 Å². The molecule has 0 radical (unpaired) electrons. The highest BCUT2D eigenvalue weighted by molar-refractivity contribution is 5.62. The first-order chi connectivity index (χ1) is 14.2. The van der Waals surface area contributed by atoms with Crippen molar-refractivity contribution in [2.24, 2.45) is 28.6 Å². The van der Waals surface area contributed by atoms with E-state index in [0.717, 1.165) is 59.5 Å². The lowest BCUT2D eigenvalue weighted by Gasteiger charge is -2.44. The Morgan fingerprint density at radius 1 is 1.10 bits per heavy atom. The van der Waals surface area contributed by atoms with E-state index in [2.05, 4.69) is 55.4 Å². The summed E-state index contributed by atoms with van der Waals surface area (Å²) in [6.07, 6.45) is 5.61. The molecule has 0 aromatic heterocycles. The fourth-order valence-corrected chi connectivity index (χ4v) is 6.79. The van der Waals surface area contributed by atoms with E-state index >= 15 is 0 Å². The Morgan fingerprint density at radius 2 is 1.74 bits per heavy atom. The summed E-state index contributed by atoms with van der Waals surface area (Å²) in [5.41, 5.74) is 4.79. The Kier molecular flexibility index (Phi) is 6.32. The Balaban J connectivity index is 1.82. The van der Waals surface area contributed by atoms with E-state index in [1.807, 2.05) is 13.8 Å². The Labute approximate surface area is 190 Å². The molecule has 3 heteroatoms. The van der Waals surface area contributed by atoms with E-state index < -0.39 is 0 Å². The van der Waals surface area contributed by atoms with Gasteiger partial charge in [-0.25, -0.2) is 0 Å². The second kappa shape index (κ2) is 8.12. The summed E-state index contributed by atoms with van der Waals surface area (Å²) >= 11 is 0. The van der Waals surface area contributed by atoms with E-state index in [-0.39, 0.29) is 11.0 Å². The number of ether oxygens (including phenoxy) is 2. The minimum Gasteiger partial charge on any atom is -0.487 e. The maximum Gasteiger partial charge on any atom is 0.298 e. The SMILES string of the molecule is Cc1c(C)c2c(c(C)c1OC=O)CCC(C)(CC(C)(C)CC1CC(C)C(C)C1(C)C)O2. The first-order valence-electron chi connectivity index (χ1n) is 12.1. The van der Waals surface area contributed by atoms with Gasteiger partial charge in [0.25, 0.3) is 6.47 Å². The average Bonchev–Trinajstić information content (AvgIpc) is 2.84. The van der Waals surface area contributed by atoms with Crippen LogP contribution in [0.3, 0.4) is 0 Å². The molecule has 174 valence electrons. The normalized spacial score (nSPS) is 29.9. The van der Waals surface area contributed by atoms with Crippen LogP contribution in [0.4, 0.5) is 0 Å². The van der Waals surface area contributed by atoms with E-state index in [1.165, 1.54) is 18.4 Å². The molecule has 1 saturated carbocycles. The van der Waals surface area contributed by atoms with Crippen LogP contribution in [0.1, 0.15) is 96.4 Å². The van der Waals surface area contributed by atoms with Gasteiger partial charge < -0.3 is 9.47 Å². The highest BCUT2D eigenvalue weighted by Gasteiger charge is 2.47. The number of carbonyl (C=O) groups is 1. The maximum atomic E-state index is 11.0. The van der Waals surface area contributed by atoms with Gasteiger partial charge in [-0.05, 0) is 105 Å². The van der Waals surface area contributed by atoms with Crippen molar-refractivity contribution in [3.63, 3.8) is 0 Å². The van der Waals surface area contributed by atoms with Crippen molar-refractivity contribution in [2.45, 2.75) is 107 Å². The fourth-order valence-electron chi connectivity index (χ4n) is 6.79. The molecule has 0 bridgehead atoms. The monoisotopic (exact) mass is 428 g/mol. The van der Waals surface area contributed by atoms with Gasteiger partial charge in [0.1, 0.15) is 17.1 Å². The van der Waals surface area contributed by atoms with Crippen molar-refractivity contribution in [3.8, 4) is 11.5 Å². The van der Waals surface area contributed by atoms with Crippen molar-refractivity contribution in [1.82, 2.24) is 0 Å². The van der Waals surface area contributed by atoms with Gasteiger partial charge in [-0.3, -0.25) is 4.79 Å². The first-order valence-corrected chi connectivity index (χ1v) is 12.1. The van der Waals surface area contributed by atoms with Gasteiger partial charge in [-0.1, -0.05) is 41.5 Å². The molecule has 3 rings (SSSR count). The third kappa shape index (κ3) is 4.39. The highest BCUT2D eigenvalue weighted by atomic mass is 16.5. The highest BCUT2D eigenvalue weighted by Crippen LogP contribution is 2.55. The summed E-state index contributed by atoms with van der Waals surface area (Å²) in [4.78, 5) is 11.0. The summed E-state index contributed by atoms with van der Waals surface area (Å²) in [6, 6.07) is 0. The van der Waals surface area contributed by atoms with Crippen molar-refractivity contribution >= 4 is 6.47 Å². The predicted molar refractivity (Wildman–Crippen MR) is 128 cm³/mol. The fraction of sp³-hybridized carbons (Fsp3) is 0.750. The molecule has 31 heavy (non-hydrogen) atoms. The molecule has 1 heterocycles. The molecular formula is C28H44O3. The zero-order chi connectivity index (χ0) is 23.4. The zero-order valence-corrected chi connectivity index (χ0v) is 21.6. The smallest absolute Gasteiger partial charge is 0.298 e. The molecular weight excluding hydrogens is 384 g/mol. The topological polar surface area (TPSA) is 35.5 Å². The number of hydrogen-bond acceptors (Lipinski definition) is 3. The Hall–Kier alpha value is -1.51. The summed E-state index contributed by atoms with van der Waals surface area (Å²) in [7, 11) is 0. The third-order valence-corrected chi connectivity index (χ3v) is 9.12. The molecule has 2 aliphatic rings. The number of rotatable bonds is 6. The zero-order valence-electron chi connectivity index (χ0n) is 21.6.